The summed E-state index contributed by atoms with van der Waals surface area (Å²) < 4.78 is 28.3. The molecule has 3 aliphatic rings. The molecule has 0 spiro atoms. The lowest BCUT2D eigenvalue weighted by atomic mass is 9.89. The Bertz CT molecular complexity index is 652. The standard InChI is InChI=1S/C21H38O14/c1-7-13(26)19(35-21-17(30)14(27)9(3-22)10(4-23)32-21)12(6-25)33-20(7)34-18-8(2)31-11(5-24)15(28)16(18)29/h7-30H,3-6H2,1-2H3. The van der Waals surface area contributed by atoms with Gasteiger partial charge >= 0.3 is 0 Å². The highest BCUT2D eigenvalue weighted by atomic mass is 16.7. The number of aliphatic hydroxyl groups excluding tert-OH is 9. The summed E-state index contributed by atoms with van der Waals surface area (Å²) in [5.41, 5.74) is 0. The zero-order chi connectivity index (χ0) is 26.0. The first kappa shape index (κ1) is 29.0. The normalized spacial score (nSPS) is 51.3. The molecule has 3 heterocycles. The third-order valence-corrected chi connectivity index (χ3v) is 7.09. The molecular weight excluding hydrogens is 476 g/mol. The van der Waals surface area contributed by atoms with Crippen molar-refractivity contribution < 1.29 is 69.6 Å². The van der Waals surface area contributed by atoms with Crippen LogP contribution in [0.15, 0.2) is 0 Å². The topological polar surface area (TPSA) is 228 Å². The second kappa shape index (κ2) is 12.3. The van der Waals surface area contributed by atoms with E-state index in [-0.39, 0.29) is 0 Å². The minimum Gasteiger partial charge on any atom is -0.396 e. The van der Waals surface area contributed by atoms with Gasteiger partial charge in [0, 0.05) is 11.8 Å². The summed E-state index contributed by atoms with van der Waals surface area (Å²) in [5, 5.41) is 90.4. The van der Waals surface area contributed by atoms with Gasteiger partial charge in [0.2, 0.25) is 0 Å². The van der Waals surface area contributed by atoms with Gasteiger partial charge in [-0.25, -0.2) is 0 Å². The van der Waals surface area contributed by atoms with E-state index in [4.69, 9.17) is 23.7 Å². The van der Waals surface area contributed by atoms with Crippen molar-refractivity contribution in [1.82, 2.24) is 0 Å². The zero-order valence-corrected chi connectivity index (χ0v) is 19.6. The van der Waals surface area contributed by atoms with Crippen LogP contribution in [0, 0.1) is 11.8 Å². The Hall–Kier alpha value is -0.560. The van der Waals surface area contributed by atoms with Crippen LogP contribution < -0.4 is 0 Å². The van der Waals surface area contributed by atoms with Gasteiger partial charge in [0.05, 0.1) is 50.8 Å². The molecule has 3 rings (SSSR count). The molecule has 0 aliphatic carbocycles. The molecule has 0 aromatic heterocycles. The van der Waals surface area contributed by atoms with Crippen LogP contribution in [0.1, 0.15) is 13.8 Å². The van der Waals surface area contributed by atoms with Crippen molar-refractivity contribution in [1.29, 1.82) is 0 Å². The Kier molecular flexibility index (Phi) is 10.2. The summed E-state index contributed by atoms with van der Waals surface area (Å²) >= 11 is 0. The molecule has 0 bridgehead atoms. The van der Waals surface area contributed by atoms with Crippen LogP contribution >= 0.6 is 0 Å². The van der Waals surface area contributed by atoms with Gasteiger partial charge < -0.3 is 69.6 Å². The van der Waals surface area contributed by atoms with Crippen molar-refractivity contribution in [3.63, 3.8) is 0 Å². The van der Waals surface area contributed by atoms with E-state index in [1.165, 1.54) is 0 Å². The predicted octanol–water partition coefficient (Wildman–Crippen LogP) is -4.98. The predicted molar refractivity (Wildman–Crippen MR) is 112 cm³/mol. The van der Waals surface area contributed by atoms with Gasteiger partial charge in [0.25, 0.3) is 0 Å². The van der Waals surface area contributed by atoms with Gasteiger partial charge in [-0.2, -0.15) is 0 Å². The molecule has 15 atom stereocenters. The molecular formula is C21H38O14. The Balaban J connectivity index is 1.70. The van der Waals surface area contributed by atoms with E-state index in [0.29, 0.717) is 0 Å². The highest BCUT2D eigenvalue weighted by Gasteiger charge is 2.52. The van der Waals surface area contributed by atoms with E-state index in [0.717, 1.165) is 0 Å². The quantitative estimate of drug-likeness (QED) is 0.148. The second-order valence-electron chi connectivity index (χ2n) is 9.37. The van der Waals surface area contributed by atoms with E-state index >= 15 is 0 Å². The van der Waals surface area contributed by atoms with Crippen LogP contribution in [-0.2, 0) is 23.7 Å². The van der Waals surface area contributed by atoms with Crippen molar-refractivity contribution in [2.75, 3.05) is 26.4 Å². The molecule has 0 aromatic carbocycles. The Morgan fingerprint density at radius 3 is 1.69 bits per heavy atom. The van der Waals surface area contributed by atoms with Crippen molar-refractivity contribution in [2.24, 2.45) is 11.8 Å². The van der Waals surface area contributed by atoms with E-state index in [2.05, 4.69) is 0 Å². The first-order valence-corrected chi connectivity index (χ1v) is 11.7. The summed E-state index contributed by atoms with van der Waals surface area (Å²) in [5.74, 6) is -1.76. The average molecular weight is 515 g/mol. The monoisotopic (exact) mass is 514 g/mol. The molecule has 35 heavy (non-hydrogen) atoms. The van der Waals surface area contributed by atoms with Gasteiger partial charge in [-0.1, -0.05) is 6.92 Å². The number of rotatable bonds is 8. The highest BCUT2D eigenvalue weighted by Crippen LogP contribution is 2.35. The van der Waals surface area contributed by atoms with Gasteiger partial charge in [-0.05, 0) is 6.92 Å². The molecule has 14 heteroatoms. The fourth-order valence-corrected chi connectivity index (χ4v) is 4.81. The maximum absolute atomic E-state index is 10.9. The van der Waals surface area contributed by atoms with Crippen molar-refractivity contribution in [3.8, 4) is 0 Å². The molecule has 0 radical (unpaired) electrons. The van der Waals surface area contributed by atoms with E-state index < -0.39 is 118 Å². The van der Waals surface area contributed by atoms with E-state index in [1.54, 1.807) is 13.8 Å². The van der Waals surface area contributed by atoms with Gasteiger partial charge in [-0.3, -0.25) is 0 Å². The Morgan fingerprint density at radius 1 is 0.543 bits per heavy atom. The average Bonchev–Trinajstić information content (AvgIpc) is 2.85. The Morgan fingerprint density at radius 2 is 1.11 bits per heavy atom. The molecule has 3 aliphatic heterocycles. The summed E-state index contributed by atoms with van der Waals surface area (Å²) in [6.07, 6.45) is -16.3. The number of aliphatic hydroxyl groups is 9. The summed E-state index contributed by atoms with van der Waals surface area (Å²) in [6, 6.07) is 0. The summed E-state index contributed by atoms with van der Waals surface area (Å²) in [6.45, 7) is 0.863. The van der Waals surface area contributed by atoms with E-state index in [1.807, 2.05) is 0 Å². The van der Waals surface area contributed by atoms with Gasteiger partial charge in [0.1, 0.15) is 42.7 Å². The van der Waals surface area contributed by atoms with Crippen LogP contribution in [0.3, 0.4) is 0 Å². The van der Waals surface area contributed by atoms with Crippen LogP contribution in [0.2, 0.25) is 0 Å². The molecule has 14 nitrogen and oxygen atoms in total. The third-order valence-electron chi connectivity index (χ3n) is 7.09. The first-order chi connectivity index (χ1) is 16.6. The van der Waals surface area contributed by atoms with Gasteiger partial charge in [0.15, 0.2) is 12.6 Å². The van der Waals surface area contributed by atoms with Gasteiger partial charge in [-0.15, -0.1) is 0 Å². The van der Waals surface area contributed by atoms with Crippen LogP contribution in [0.25, 0.3) is 0 Å². The largest absolute Gasteiger partial charge is 0.396 e. The molecule has 3 fully saturated rings. The third kappa shape index (κ3) is 5.81. The number of hydrogen-bond acceptors (Lipinski definition) is 14. The second-order valence-corrected chi connectivity index (χ2v) is 9.37. The lowest BCUT2D eigenvalue weighted by Gasteiger charge is -2.48. The molecule has 0 saturated carbocycles. The van der Waals surface area contributed by atoms with E-state index in [9.17, 15) is 46.0 Å². The maximum atomic E-state index is 10.9. The lowest BCUT2D eigenvalue weighted by molar-refractivity contribution is -0.363. The molecule has 206 valence electrons. The summed E-state index contributed by atoms with van der Waals surface area (Å²) in [4.78, 5) is 0. The summed E-state index contributed by atoms with van der Waals surface area (Å²) in [7, 11) is 0. The SMILES string of the molecule is CC1OC(CO)C(O)C(O)C1OC1OC(CO)C(OC2OC(CO)C(CO)C(O)C2O)C(O)C1C. The maximum Gasteiger partial charge on any atom is 0.187 e. The highest BCUT2D eigenvalue weighted by molar-refractivity contribution is 4.95. The zero-order valence-electron chi connectivity index (χ0n) is 19.6. The lowest BCUT2D eigenvalue weighted by Crippen LogP contribution is -2.64. The molecule has 0 aromatic rings. The van der Waals surface area contributed by atoms with Crippen LogP contribution in [-0.4, -0.2) is 152 Å². The molecule has 15 unspecified atom stereocenters. The van der Waals surface area contributed by atoms with Crippen LogP contribution in [0.4, 0.5) is 0 Å². The minimum absolute atomic E-state index is 0.504. The smallest absolute Gasteiger partial charge is 0.187 e. The van der Waals surface area contributed by atoms with Crippen molar-refractivity contribution in [3.05, 3.63) is 0 Å². The number of hydrogen-bond donors (Lipinski definition) is 9. The first-order valence-electron chi connectivity index (χ1n) is 11.7. The van der Waals surface area contributed by atoms with Crippen molar-refractivity contribution in [2.45, 2.75) is 93.6 Å². The molecule has 0 amide bonds. The van der Waals surface area contributed by atoms with Crippen LogP contribution in [0.5, 0.6) is 0 Å². The fraction of sp³-hybridized carbons (Fsp3) is 1.00. The molecule has 9 N–H and O–H groups in total. The van der Waals surface area contributed by atoms with Crippen molar-refractivity contribution >= 4 is 0 Å². The minimum atomic E-state index is -1.62. The Labute approximate surface area is 202 Å². The molecule has 3 saturated heterocycles. The fourth-order valence-electron chi connectivity index (χ4n) is 4.81. The number of ether oxygens (including phenoxy) is 5.